The second-order valence-corrected chi connectivity index (χ2v) is 15.6. The SMILES string of the molecule is O=C1CCC(N2C(=O)c3ccc(NCCOCCOCCOCCOCCCC(=O)c4cc5cc(N6CCC(O)(C(=O)NCc7cc(F)cc(F)c7)C6=O)ccc5[nH]4)cc3C2=O)C(=O)N1. The van der Waals surface area contributed by atoms with E-state index in [1.165, 1.54) is 11.0 Å². The minimum Gasteiger partial charge on any atom is -0.383 e. The number of benzene rings is 3. The summed E-state index contributed by atoms with van der Waals surface area (Å²) >= 11 is 0. The number of hydrogen-bond donors (Lipinski definition) is 5. The van der Waals surface area contributed by atoms with E-state index in [1.54, 1.807) is 36.4 Å². The van der Waals surface area contributed by atoms with Crippen molar-refractivity contribution in [3.05, 3.63) is 94.7 Å². The minimum absolute atomic E-state index is 0.0472. The number of nitrogens with one attached hydrogen (secondary N) is 4. The summed E-state index contributed by atoms with van der Waals surface area (Å²) in [5, 5.41) is 19.4. The molecule has 7 rings (SSSR count). The maximum Gasteiger partial charge on any atom is 0.268 e. The maximum absolute atomic E-state index is 13.5. The lowest BCUT2D eigenvalue weighted by Gasteiger charge is -2.27. The van der Waals surface area contributed by atoms with Crippen molar-refractivity contribution >= 4 is 63.5 Å². The molecule has 6 amide bonds. The molecule has 2 unspecified atom stereocenters. The number of aliphatic hydroxyl groups is 1. The van der Waals surface area contributed by atoms with Crippen LogP contribution in [-0.4, -0.2) is 134 Å². The van der Waals surface area contributed by atoms with Crippen LogP contribution >= 0.6 is 0 Å². The van der Waals surface area contributed by atoms with Gasteiger partial charge in [0, 0.05) is 73.8 Å². The van der Waals surface area contributed by atoms with Gasteiger partial charge < -0.3 is 44.6 Å². The van der Waals surface area contributed by atoms with E-state index in [0.717, 1.165) is 17.0 Å². The van der Waals surface area contributed by atoms with E-state index in [-0.39, 0.29) is 61.2 Å². The number of ether oxygens (including phenoxy) is 4. The zero-order valence-electron chi connectivity index (χ0n) is 35.3. The van der Waals surface area contributed by atoms with Gasteiger partial charge in [-0.15, -0.1) is 0 Å². The van der Waals surface area contributed by atoms with Crippen molar-refractivity contribution < 1.29 is 66.4 Å². The number of aromatic nitrogens is 1. The Balaban J connectivity index is 0.707. The average molecular weight is 903 g/mol. The third-order valence-corrected chi connectivity index (χ3v) is 11.1. The summed E-state index contributed by atoms with van der Waals surface area (Å²) < 4.78 is 49.3. The van der Waals surface area contributed by atoms with Crippen molar-refractivity contribution in [2.75, 3.05) is 76.2 Å². The first-order chi connectivity index (χ1) is 31.3. The molecule has 0 bridgehead atoms. The number of piperidine rings is 1. The molecule has 2 atom stereocenters. The van der Waals surface area contributed by atoms with Crippen LogP contribution in [0.15, 0.2) is 60.7 Å². The first-order valence-corrected chi connectivity index (χ1v) is 21.2. The molecule has 4 heterocycles. The molecule has 2 saturated heterocycles. The summed E-state index contributed by atoms with van der Waals surface area (Å²) in [6, 6.07) is 13.2. The summed E-state index contributed by atoms with van der Waals surface area (Å²) in [7, 11) is 0. The van der Waals surface area contributed by atoms with Gasteiger partial charge in [-0.2, -0.15) is 0 Å². The van der Waals surface area contributed by atoms with Gasteiger partial charge in [0.2, 0.25) is 17.4 Å². The van der Waals surface area contributed by atoms with Gasteiger partial charge in [0.05, 0.1) is 63.1 Å². The van der Waals surface area contributed by atoms with Gasteiger partial charge in [0.15, 0.2) is 5.78 Å². The number of Topliss-reactive ketones (excluding diaryl/α,β-unsaturated/α-hetero) is 1. The van der Waals surface area contributed by atoms with Crippen LogP contribution in [0.4, 0.5) is 20.2 Å². The highest BCUT2D eigenvalue weighted by Gasteiger charge is 2.52. The van der Waals surface area contributed by atoms with Gasteiger partial charge in [-0.1, -0.05) is 0 Å². The highest BCUT2D eigenvalue weighted by Crippen LogP contribution is 2.32. The van der Waals surface area contributed by atoms with E-state index in [1.807, 2.05) is 0 Å². The van der Waals surface area contributed by atoms with Crippen molar-refractivity contribution in [1.29, 1.82) is 0 Å². The van der Waals surface area contributed by atoms with Crippen LogP contribution < -0.4 is 20.9 Å². The van der Waals surface area contributed by atoms with Crippen LogP contribution in [0, 0.1) is 11.6 Å². The molecule has 20 heteroatoms. The van der Waals surface area contributed by atoms with E-state index in [9.17, 15) is 47.4 Å². The number of aromatic amines is 1. The predicted octanol–water partition coefficient (Wildman–Crippen LogP) is 2.77. The zero-order valence-corrected chi connectivity index (χ0v) is 35.3. The normalized spacial score (nSPS) is 18.4. The summed E-state index contributed by atoms with van der Waals surface area (Å²) in [4.78, 5) is 93.9. The topological polar surface area (TPSA) is 235 Å². The quantitative estimate of drug-likeness (QED) is 0.0312. The summed E-state index contributed by atoms with van der Waals surface area (Å²) in [5.74, 6) is -5.80. The number of halogens is 2. The predicted molar refractivity (Wildman–Crippen MR) is 227 cm³/mol. The fraction of sp³-hybridized carbons (Fsp3) is 0.400. The maximum atomic E-state index is 13.5. The van der Waals surface area contributed by atoms with Gasteiger partial charge in [0.25, 0.3) is 23.6 Å². The number of imide groups is 2. The number of amides is 6. The van der Waals surface area contributed by atoms with Gasteiger partial charge >= 0.3 is 0 Å². The number of hydrogen-bond acceptors (Lipinski definition) is 13. The third kappa shape index (κ3) is 11.1. The standard InChI is InChI=1S/C45H48F2N6O12/c46-29-20-27(21-30(47)24-29)26-49-43(59)45(61)9-11-52(44(45)60)32-4-6-35-28(22-32)23-36(50-35)38(54)2-1-12-62-14-16-64-18-19-65-17-15-63-13-10-48-31-3-5-33-34(25-31)42(58)53(41(33)57)37-7-8-39(55)51-40(37)56/h3-6,20-25,37,48,50,61H,1-2,7-19,26H2,(H,49,59)(H,51,55,56). The Morgan fingerprint density at radius 3 is 2.18 bits per heavy atom. The highest BCUT2D eigenvalue weighted by molar-refractivity contribution is 6.24. The molecule has 5 N–H and O–H groups in total. The minimum atomic E-state index is -2.36. The Bertz CT molecular complexity index is 2460. The van der Waals surface area contributed by atoms with Gasteiger partial charge in [-0.3, -0.25) is 43.8 Å². The van der Waals surface area contributed by atoms with Gasteiger partial charge in [0.1, 0.15) is 17.7 Å². The average Bonchev–Trinajstić information content (AvgIpc) is 3.92. The highest BCUT2D eigenvalue weighted by atomic mass is 19.1. The Labute approximate surface area is 370 Å². The summed E-state index contributed by atoms with van der Waals surface area (Å²) in [5.41, 5.74) is 0.252. The van der Waals surface area contributed by atoms with E-state index in [4.69, 9.17) is 18.9 Å². The van der Waals surface area contributed by atoms with Crippen LogP contribution in [0.1, 0.15) is 68.9 Å². The molecule has 0 spiro atoms. The van der Waals surface area contributed by atoms with Crippen molar-refractivity contribution in [3.63, 3.8) is 0 Å². The molecule has 3 aliphatic rings. The lowest BCUT2D eigenvalue weighted by Crippen LogP contribution is -2.54. The van der Waals surface area contributed by atoms with Crippen LogP contribution in [0.5, 0.6) is 0 Å². The lowest BCUT2D eigenvalue weighted by molar-refractivity contribution is -0.149. The van der Waals surface area contributed by atoms with Crippen molar-refractivity contribution in [3.8, 4) is 0 Å². The molecule has 2 fully saturated rings. The molecule has 4 aromatic rings. The first-order valence-electron chi connectivity index (χ1n) is 21.2. The number of carbonyl (C=O) groups is 7. The molecule has 0 aliphatic carbocycles. The molecule has 3 aliphatic heterocycles. The molecule has 65 heavy (non-hydrogen) atoms. The van der Waals surface area contributed by atoms with E-state index >= 15 is 0 Å². The molecule has 3 aromatic carbocycles. The van der Waals surface area contributed by atoms with E-state index in [0.29, 0.717) is 99.9 Å². The number of nitrogens with zero attached hydrogens (tertiary/aromatic N) is 2. The second kappa shape index (κ2) is 21.0. The van der Waals surface area contributed by atoms with Crippen LogP contribution in [0.2, 0.25) is 0 Å². The number of ketones is 1. The molecule has 344 valence electrons. The monoisotopic (exact) mass is 902 g/mol. The van der Waals surface area contributed by atoms with Gasteiger partial charge in [-0.25, -0.2) is 8.78 Å². The Kier molecular flexibility index (Phi) is 15.1. The fourth-order valence-corrected chi connectivity index (χ4v) is 7.72. The van der Waals surface area contributed by atoms with Gasteiger partial charge in [-0.05, 0) is 73.0 Å². The molecule has 18 nitrogen and oxygen atoms in total. The number of carbonyl (C=O) groups excluding carboxylic acids is 7. The zero-order chi connectivity index (χ0) is 46.1. The van der Waals surface area contributed by atoms with Crippen molar-refractivity contribution in [2.45, 2.75) is 50.3 Å². The summed E-state index contributed by atoms with van der Waals surface area (Å²) in [6.45, 7) is 3.00. The van der Waals surface area contributed by atoms with E-state index < -0.39 is 58.7 Å². The largest absolute Gasteiger partial charge is 0.383 e. The van der Waals surface area contributed by atoms with E-state index in [2.05, 4.69) is 20.9 Å². The van der Waals surface area contributed by atoms with Crippen LogP contribution in [0.25, 0.3) is 10.9 Å². The molecular formula is C45H48F2N6O12. The number of fused-ring (bicyclic) bond motifs is 2. The Hall–Kier alpha value is -6.45. The Morgan fingerprint density at radius 2 is 1.48 bits per heavy atom. The molecule has 0 radical (unpaired) electrons. The number of rotatable bonds is 23. The van der Waals surface area contributed by atoms with Crippen molar-refractivity contribution in [1.82, 2.24) is 20.5 Å². The van der Waals surface area contributed by atoms with Crippen molar-refractivity contribution in [2.24, 2.45) is 0 Å². The number of anilines is 2. The Morgan fingerprint density at radius 1 is 0.800 bits per heavy atom. The fourth-order valence-electron chi connectivity index (χ4n) is 7.72. The van der Waals surface area contributed by atoms with Crippen LogP contribution in [-0.2, 0) is 44.7 Å². The van der Waals surface area contributed by atoms with Crippen LogP contribution in [0.3, 0.4) is 0 Å². The molecule has 0 saturated carbocycles. The molecule has 1 aromatic heterocycles. The smallest absolute Gasteiger partial charge is 0.268 e. The second-order valence-electron chi connectivity index (χ2n) is 15.6. The lowest BCUT2D eigenvalue weighted by atomic mass is 10.0. The first kappa shape index (κ1) is 46.5. The number of H-pyrrole nitrogens is 1. The molecular weight excluding hydrogens is 855 g/mol. The summed E-state index contributed by atoms with van der Waals surface area (Å²) in [6.07, 6.45) is 0.657. The third-order valence-electron chi connectivity index (χ3n) is 11.1.